The van der Waals surface area contributed by atoms with Gasteiger partial charge in [0.1, 0.15) is 17.1 Å². The molecule has 0 aromatic heterocycles. The number of hydrogen-bond donors (Lipinski definition) is 1. The van der Waals surface area contributed by atoms with Crippen LogP contribution in [0.25, 0.3) is 10.8 Å². The maximum atomic E-state index is 11.7. The first kappa shape index (κ1) is 16.1. The predicted molar refractivity (Wildman–Crippen MR) is 87.2 cm³/mol. The van der Waals surface area contributed by atoms with Crippen molar-refractivity contribution in [1.29, 1.82) is 0 Å². The van der Waals surface area contributed by atoms with Crippen molar-refractivity contribution in [2.45, 2.75) is 26.7 Å². The van der Waals surface area contributed by atoms with Gasteiger partial charge in [0.25, 0.3) is 0 Å². The Labute approximate surface area is 130 Å². The SMILES string of the molecule is COc1c(C(=O)O)c(OC)c2ccccc2c1CCC(C)C. The standard InChI is InChI=1S/C18H22O4/c1-11(2)9-10-14-12-7-5-6-8-13(12)16(21-3)15(18(19)20)17(14)22-4/h5-8,11H,9-10H2,1-4H3,(H,19,20). The number of aryl methyl sites for hydroxylation is 1. The normalized spacial score (nSPS) is 11.0. The summed E-state index contributed by atoms with van der Waals surface area (Å²) >= 11 is 0. The van der Waals surface area contributed by atoms with E-state index in [1.165, 1.54) is 14.2 Å². The van der Waals surface area contributed by atoms with E-state index in [1.54, 1.807) is 0 Å². The summed E-state index contributed by atoms with van der Waals surface area (Å²) in [6.45, 7) is 4.30. The van der Waals surface area contributed by atoms with Gasteiger partial charge in [0.15, 0.2) is 0 Å². The minimum atomic E-state index is -1.04. The molecule has 0 unspecified atom stereocenters. The second kappa shape index (κ2) is 6.69. The number of aromatic carboxylic acids is 1. The van der Waals surface area contributed by atoms with E-state index in [1.807, 2.05) is 24.3 Å². The third kappa shape index (κ3) is 2.86. The zero-order valence-corrected chi connectivity index (χ0v) is 13.5. The topological polar surface area (TPSA) is 55.8 Å². The fourth-order valence-corrected chi connectivity index (χ4v) is 2.77. The maximum Gasteiger partial charge on any atom is 0.343 e. The van der Waals surface area contributed by atoms with Crippen LogP contribution in [-0.4, -0.2) is 25.3 Å². The molecule has 4 nitrogen and oxygen atoms in total. The average Bonchev–Trinajstić information content (AvgIpc) is 2.50. The highest BCUT2D eigenvalue weighted by molar-refractivity contribution is 6.05. The van der Waals surface area contributed by atoms with E-state index in [4.69, 9.17) is 9.47 Å². The zero-order chi connectivity index (χ0) is 16.3. The number of benzene rings is 2. The molecule has 2 aromatic carbocycles. The molecule has 22 heavy (non-hydrogen) atoms. The highest BCUT2D eigenvalue weighted by Crippen LogP contribution is 2.41. The first-order valence-corrected chi connectivity index (χ1v) is 7.40. The largest absolute Gasteiger partial charge is 0.495 e. The molecule has 0 bridgehead atoms. The van der Waals surface area contributed by atoms with Crippen molar-refractivity contribution < 1.29 is 19.4 Å². The second-order valence-electron chi connectivity index (χ2n) is 5.70. The summed E-state index contributed by atoms with van der Waals surface area (Å²) in [5.74, 6) is 0.251. The predicted octanol–water partition coefficient (Wildman–Crippen LogP) is 4.14. The monoisotopic (exact) mass is 302 g/mol. The second-order valence-corrected chi connectivity index (χ2v) is 5.70. The van der Waals surface area contributed by atoms with Crippen molar-refractivity contribution in [2.24, 2.45) is 5.92 Å². The Morgan fingerprint density at radius 1 is 1.09 bits per heavy atom. The average molecular weight is 302 g/mol. The van der Waals surface area contributed by atoms with Gasteiger partial charge in [-0.05, 0) is 24.1 Å². The number of fused-ring (bicyclic) bond motifs is 1. The molecule has 0 atom stereocenters. The van der Waals surface area contributed by atoms with Crippen LogP contribution in [0.1, 0.15) is 36.2 Å². The van der Waals surface area contributed by atoms with Gasteiger partial charge in [-0.3, -0.25) is 0 Å². The Bertz CT molecular complexity index is 689. The minimum absolute atomic E-state index is 0.0995. The van der Waals surface area contributed by atoms with Crippen LogP contribution in [0.2, 0.25) is 0 Å². The molecule has 0 aliphatic rings. The first-order valence-electron chi connectivity index (χ1n) is 7.40. The van der Waals surface area contributed by atoms with E-state index in [2.05, 4.69) is 13.8 Å². The van der Waals surface area contributed by atoms with Crippen LogP contribution >= 0.6 is 0 Å². The van der Waals surface area contributed by atoms with Crippen LogP contribution in [0.4, 0.5) is 0 Å². The molecule has 0 fully saturated rings. The molecule has 0 amide bonds. The Morgan fingerprint density at radius 3 is 2.18 bits per heavy atom. The summed E-state index contributed by atoms with van der Waals surface area (Å²) in [4.78, 5) is 11.7. The molecule has 0 heterocycles. The van der Waals surface area contributed by atoms with Gasteiger partial charge in [-0.15, -0.1) is 0 Å². The molecule has 0 aliphatic heterocycles. The smallest absolute Gasteiger partial charge is 0.343 e. The number of carboxylic acids is 1. The van der Waals surface area contributed by atoms with Gasteiger partial charge >= 0.3 is 5.97 Å². The summed E-state index contributed by atoms with van der Waals surface area (Å²) in [7, 11) is 3.00. The van der Waals surface area contributed by atoms with Crippen molar-refractivity contribution in [3.05, 3.63) is 35.4 Å². The summed E-state index contributed by atoms with van der Waals surface area (Å²) in [6, 6.07) is 7.70. The third-order valence-electron chi connectivity index (χ3n) is 3.82. The number of methoxy groups -OCH3 is 2. The Balaban J connectivity index is 2.82. The van der Waals surface area contributed by atoms with Crippen molar-refractivity contribution >= 4 is 16.7 Å². The molecule has 2 rings (SSSR count). The van der Waals surface area contributed by atoms with E-state index >= 15 is 0 Å². The fourth-order valence-electron chi connectivity index (χ4n) is 2.77. The lowest BCUT2D eigenvalue weighted by Gasteiger charge is -2.19. The molecule has 0 saturated heterocycles. The van der Waals surface area contributed by atoms with Crippen molar-refractivity contribution in [2.75, 3.05) is 14.2 Å². The molecule has 0 aliphatic carbocycles. The van der Waals surface area contributed by atoms with E-state index in [9.17, 15) is 9.90 Å². The van der Waals surface area contributed by atoms with Crippen molar-refractivity contribution in [3.63, 3.8) is 0 Å². The fraction of sp³-hybridized carbons (Fsp3) is 0.389. The van der Waals surface area contributed by atoms with Gasteiger partial charge in [-0.25, -0.2) is 4.79 Å². The molecular weight excluding hydrogens is 280 g/mol. The van der Waals surface area contributed by atoms with E-state index < -0.39 is 5.97 Å². The van der Waals surface area contributed by atoms with Crippen LogP contribution < -0.4 is 9.47 Å². The van der Waals surface area contributed by atoms with E-state index in [0.717, 1.165) is 29.2 Å². The van der Waals surface area contributed by atoms with Crippen LogP contribution in [0.5, 0.6) is 11.5 Å². The molecule has 118 valence electrons. The van der Waals surface area contributed by atoms with Crippen molar-refractivity contribution in [3.8, 4) is 11.5 Å². The molecule has 0 saturated carbocycles. The van der Waals surface area contributed by atoms with Gasteiger partial charge in [0.05, 0.1) is 14.2 Å². The first-order chi connectivity index (χ1) is 10.5. The summed E-state index contributed by atoms with van der Waals surface area (Å²) < 4.78 is 10.8. The van der Waals surface area contributed by atoms with Crippen LogP contribution in [-0.2, 0) is 6.42 Å². The molecule has 2 aromatic rings. The minimum Gasteiger partial charge on any atom is -0.495 e. The van der Waals surface area contributed by atoms with Crippen molar-refractivity contribution in [1.82, 2.24) is 0 Å². The molecule has 0 spiro atoms. The van der Waals surface area contributed by atoms with E-state index in [-0.39, 0.29) is 5.56 Å². The number of hydrogen-bond acceptors (Lipinski definition) is 3. The molecule has 1 N–H and O–H groups in total. The quantitative estimate of drug-likeness (QED) is 0.871. The Hall–Kier alpha value is -2.23. The lowest BCUT2D eigenvalue weighted by Crippen LogP contribution is -2.08. The maximum absolute atomic E-state index is 11.7. The van der Waals surface area contributed by atoms with Gasteiger partial charge in [0, 0.05) is 10.9 Å². The third-order valence-corrected chi connectivity index (χ3v) is 3.82. The zero-order valence-electron chi connectivity index (χ0n) is 13.5. The Morgan fingerprint density at radius 2 is 1.68 bits per heavy atom. The summed E-state index contributed by atoms with van der Waals surface area (Å²) in [5.41, 5.74) is 1.03. The van der Waals surface area contributed by atoms with Crippen LogP contribution in [0.3, 0.4) is 0 Å². The van der Waals surface area contributed by atoms with Gasteiger partial charge in [-0.1, -0.05) is 38.1 Å². The number of rotatable bonds is 6. The number of ether oxygens (including phenoxy) is 2. The highest BCUT2D eigenvalue weighted by Gasteiger charge is 2.25. The lowest BCUT2D eigenvalue weighted by atomic mass is 9.93. The van der Waals surface area contributed by atoms with Gasteiger partial charge < -0.3 is 14.6 Å². The lowest BCUT2D eigenvalue weighted by molar-refractivity contribution is 0.0689. The molecule has 4 heteroatoms. The van der Waals surface area contributed by atoms with Crippen LogP contribution in [0, 0.1) is 5.92 Å². The highest BCUT2D eigenvalue weighted by atomic mass is 16.5. The van der Waals surface area contributed by atoms with Crippen LogP contribution in [0.15, 0.2) is 24.3 Å². The van der Waals surface area contributed by atoms with Gasteiger partial charge in [0.2, 0.25) is 0 Å². The van der Waals surface area contributed by atoms with Gasteiger partial charge in [-0.2, -0.15) is 0 Å². The number of carboxylic acid groups (broad SMARTS) is 1. The summed E-state index contributed by atoms with van der Waals surface area (Å²) in [6.07, 6.45) is 1.73. The molecule has 0 radical (unpaired) electrons. The summed E-state index contributed by atoms with van der Waals surface area (Å²) in [5, 5.41) is 11.4. The Kier molecular flexibility index (Phi) is 4.91. The number of carbonyl (C=O) groups is 1. The van der Waals surface area contributed by atoms with E-state index in [0.29, 0.717) is 17.4 Å². The molecular formula is C18H22O4.